The van der Waals surface area contributed by atoms with E-state index in [4.69, 9.17) is 9.47 Å². The van der Waals surface area contributed by atoms with E-state index >= 15 is 0 Å². The minimum atomic E-state index is 0.293. The van der Waals surface area contributed by atoms with Gasteiger partial charge in [0.1, 0.15) is 18.5 Å². The zero-order valence-corrected chi connectivity index (χ0v) is 11.7. The molecule has 0 radical (unpaired) electrons. The molecule has 1 aliphatic heterocycles. The van der Waals surface area contributed by atoms with Crippen molar-refractivity contribution in [1.82, 2.24) is 9.59 Å². The first-order chi connectivity index (χ1) is 9.36. The van der Waals surface area contributed by atoms with Crippen molar-refractivity contribution < 1.29 is 9.47 Å². The minimum absolute atomic E-state index is 0.293. The molecule has 5 heteroatoms. The molecule has 0 spiro atoms. The van der Waals surface area contributed by atoms with Crippen LogP contribution in [0.3, 0.4) is 0 Å². The molecule has 2 heterocycles. The Morgan fingerprint density at radius 2 is 2.16 bits per heavy atom. The van der Waals surface area contributed by atoms with Crippen LogP contribution in [0, 0.1) is 0 Å². The second-order valence-corrected chi connectivity index (χ2v) is 5.34. The summed E-state index contributed by atoms with van der Waals surface area (Å²) in [6.45, 7) is 3.62. The smallest absolute Gasteiger partial charge is 0.119 e. The molecule has 1 unspecified atom stereocenters. The largest absolute Gasteiger partial charge is 0.491 e. The van der Waals surface area contributed by atoms with Gasteiger partial charge in [-0.15, -0.1) is 5.10 Å². The molecule has 4 nitrogen and oxygen atoms in total. The fourth-order valence-corrected chi connectivity index (χ4v) is 2.60. The van der Waals surface area contributed by atoms with Gasteiger partial charge in [0.2, 0.25) is 0 Å². The second-order valence-electron chi connectivity index (χ2n) is 4.59. The normalized spacial score (nSPS) is 17.4. The number of benzene rings is 1. The number of epoxide rings is 1. The van der Waals surface area contributed by atoms with E-state index in [1.165, 1.54) is 16.4 Å². The molecule has 2 aromatic rings. The zero-order chi connectivity index (χ0) is 13.1. The van der Waals surface area contributed by atoms with Crippen molar-refractivity contribution in [3.63, 3.8) is 0 Å². The van der Waals surface area contributed by atoms with Gasteiger partial charge < -0.3 is 9.47 Å². The summed E-state index contributed by atoms with van der Waals surface area (Å²) in [7, 11) is 0. The summed E-state index contributed by atoms with van der Waals surface area (Å²) < 4.78 is 14.8. The Morgan fingerprint density at radius 1 is 1.37 bits per heavy atom. The maximum absolute atomic E-state index is 5.63. The third kappa shape index (κ3) is 3.11. The minimum Gasteiger partial charge on any atom is -0.491 e. The number of rotatable bonds is 6. The highest BCUT2D eigenvalue weighted by molar-refractivity contribution is 7.09. The van der Waals surface area contributed by atoms with Crippen LogP contribution in [0.4, 0.5) is 0 Å². The predicted molar refractivity (Wildman–Crippen MR) is 74.6 cm³/mol. The van der Waals surface area contributed by atoms with Gasteiger partial charge in [-0.3, -0.25) is 0 Å². The molecular formula is C14H16N2O2S. The van der Waals surface area contributed by atoms with Crippen LogP contribution in [0.2, 0.25) is 0 Å². The Bertz CT molecular complexity index is 535. The first kappa shape index (κ1) is 12.6. The van der Waals surface area contributed by atoms with Crippen molar-refractivity contribution in [3.05, 3.63) is 30.0 Å². The van der Waals surface area contributed by atoms with Gasteiger partial charge in [0.05, 0.1) is 17.2 Å². The SMILES string of the molecule is CCCc1nnsc1-c1ccc(OCC2CO2)cc1. The Hall–Kier alpha value is -1.46. The summed E-state index contributed by atoms with van der Waals surface area (Å²) in [5, 5.41) is 4.19. The molecule has 1 saturated heterocycles. The van der Waals surface area contributed by atoms with E-state index in [1.807, 2.05) is 12.1 Å². The Labute approximate surface area is 116 Å². The fraction of sp³-hybridized carbons (Fsp3) is 0.429. The van der Waals surface area contributed by atoms with E-state index in [0.717, 1.165) is 36.5 Å². The molecule has 1 aromatic carbocycles. The average Bonchev–Trinajstić information content (AvgIpc) is 3.16. The van der Waals surface area contributed by atoms with Gasteiger partial charge in [-0.2, -0.15) is 0 Å². The topological polar surface area (TPSA) is 47.5 Å². The van der Waals surface area contributed by atoms with Gasteiger partial charge in [0, 0.05) is 0 Å². The van der Waals surface area contributed by atoms with Crippen LogP contribution < -0.4 is 4.74 Å². The van der Waals surface area contributed by atoms with Gasteiger partial charge in [0.15, 0.2) is 0 Å². The molecule has 0 aliphatic carbocycles. The van der Waals surface area contributed by atoms with Crippen LogP contribution in [0.15, 0.2) is 24.3 Å². The third-order valence-corrected chi connectivity index (χ3v) is 3.81. The molecule has 0 bridgehead atoms. The van der Waals surface area contributed by atoms with Crippen LogP contribution in [-0.4, -0.2) is 28.9 Å². The Kier molecular flexibility index (Phi) is 3.75. The first-order valence-electron chi connectivity index (χ1n) is 6.53. The second kappa shape index (κ2) is 5.67. The van der Waals surface area contributed by atoms with Gasteiger partial charge in [0.25, 0.3) is 0 Å². The third-order valence-electron chi connectivity index (χ3n) is 3.00. The molecule has 100 valence electrons. The number of aryl methyl sites for hydroxylation is 1. The van der Waals surface area contributed by atoms with Crippen LogP contribution in [-0.2, 0) is 11.2 Å². The van der Waals surface area contributed by atoms with E-state index in [0.29, 0.717) is 12.7 Å². The van der Waals surface area contributed by atoms with Crippen LogP contribution >= 0.6 is 11.5 Å². The van der Waals surface area contributed by atoms with E-state index in [2.05, 4.69) is 28.6 Å². The molecule has 3 rings (SSSR count). The van der Waals surface area contributed by atoms with Crippen molar-refractivity contribution in [1.29, 1.82) is 0 Å². The highest BCUT2D eigenvalue weighted by Crippen LogP contribution is 2.28. The van der Waals surface area contributed by atoms with E-state index < -0.39 is 0 Å². The van der Waals surface area contributed by atoms with Crippen LogP contribution in [0.5, 0.6) is 5.75 Å². The first-order valence-corrected chi connectivity index (χ1v) is 7.30. The molecule has 1 fully saturated rings. The molecule has 19 heavy (non-hydrogen) atoms. The van der Waals surface area contributed by atoms with E-state index in [9.17, 15) is 0 Å². The van der Waals surface area contributed by atoms with Gasteiger partial charge in [-0.25, -0.2) is 0 Å². The van der Waals surface area contributed by atoms with Crippen LogP contribution in [0.25, 0.3) is 10.4 Å². The van der Waals surface area contributed by atoms with Crippen molar-refractivity contribution in [2.24, 2.45) is 0 Å². The summed E-state index contributed by atoms with van der Waals surface area (Å²) in [5.41, 5.74) is 2.25. The van der Waals surface area contributed by atoms with Gasteiger partial charge in [-0.1, -0.05) is 17.8 Å². The van der Waals surface area contributed by atoms with Crippen molar-refractivity contribution in [2.75, 3.05) is 13.2 Å². The number of aromatic nitrogens is 2. The highest BCUT2D eigenvalue weighted by Gasteiger charge is 2.23. The molecule has 0 N–H and O–H groups in total. The van der Waals surface area contributed by atoms with E-state index in [1.54, 1.807) is 0 Å². The predicted octanol–water partition coefficient (Wildman–Crippen LogP) is 2.94. The maximum Gasteiger partial charge on any atom is 0.119 e. The number of hydrogen-bond acceptors (Lipinski definition) is 5. The summed E-state index contributed by atoms with van der Waals surface area (Å²) >= 11 is 1.45. The van der Waals surface area contributed by atoms with Crippen LogP contribution in [0.1, 0.15) is 19.0 Å². The van der Waals surface area contributed by atoms with E-state index in [-0.39, 0.29) is 0 Å². The molecule has 1 aromatic heterocycles. The average molecular weight is 276 g/mol. The molecule has 1 aliphatic rings. The van der Waals surface area contributed by atoms with Gasteiger partial charge in [-0.05, 0) is 47.8 Å². The molecule has 1 atom stereocenters. The summed E-state index contributed by atoms with van der Waals surface area (Å²) in [6.07, 6.45) is 2.35. The lowest BCUT2D eigenvalue weighted by atomic mass is 10.1. The molecule has 0 saturated carbocycles. The number of hydrogen-bond donors (Lipinski definition) is 0. The van der Waals surface area contributed by atoms with Crippen molar-refractivity contribution >= 4 is 11.5 Å². The molecular weight excluding hydrogens is 260 g/mol. The zero-order valence-electron chi connectivity index (χ0n) is 10.8. The Balaban J connectivity index is 1.71. The lowest BCUT2D eigenvalue weighted by Gasteiger charge is -2.05. The van der Waals surface area contributed by atoms with Crippen molar-refractivity contribution in [2.45, 2.75) is 25.9 Å². The highest BCUT2D eigenvalue weighted by atomic mass is 32.1. The maximum atomic E-state index is 5.63. The van der Waals surface area contributed by atoms with Gasteiger partial charge >= 0.3 is 0 Å². The lowest BCUT2D eigenvalue weighted by Crippen LogP contribution is -2.03. The molecule has 0 amide bonds. The number of ether oxygens (including phenoxy) is 2. The monoisotopic (exact) mass is 276 g/mol. The Morgan fingerprint density at radius 3 is 2.84 bits per heavy atom. The number of nitrogens with zero attached hydrogens (tertiary/aromatic N) is 2. The van der Waals surface area contributed by atoms with Crippen molar-refractivity contribution in [3.8, 4) is 16.2 Å². The summed E-state index contributed by atoms with van der Waals surface area (Å²) in [4.78, 5) is 1.17. The lowest BCUT2D eigenvalue weighted by molar-refractivity contribution is 0.263. The quantitative estimate of drug-likeness (QED) is 0.761. The standard InChI is InChI=1S/C14H16N2O2S/c1-2-3-13-14(19-16-15-13)10-4-6-11(7-5-10)17-8-12-9-18-12/h4-7,12H,2-3,8-9H2,1H3. The fourth-order valence-electron chi connectivity index (χ4n) is 1.88. The summed E-state index contributed by atoms with van der Waals surface area (Å²) in [5.74, 6) is 0.883. The summed E-state index contributed by atoms with van der Waals surface area (Å²) in [6, 6.07) is 8.12.